The lowest BCUT2D eigenvalue weighted by molar-refractivity contribution is 0.0592. The molecule has 4 aromatic rings. The van der Waals surface area contributed by atoms with E-state index in [-0.39, 0.29) is 21.2 Å². The number of esters is 2. The second kappa shape index (κ2) is 18.1. The molecule has 2 aliphatic heterocycles. The van der Waals surface area contributed by atoms with Crippen LogP contribution in [-0.4, -0.2) is 52.3 Å². The maximum Gasteiger partial charge on any atom is 0.340 e. The molecule has 0 aliphatic carbocycles. The van der Waals surface area contributed by atoms with Gasteiger partial charge in [0.05, 0.1) is 45.4 Å². The highest BCUT2D eigenvalue weighted by Gasteiger charge is 2.26. The van der Waals surface area contributed by atoms with E-state index in [2.05, 4.69) is 85.5 Å². The smallest absolute Gasteiger partial charge is 0.340 e. The monoisotopic (exact) mass is 778 g/mol. The summed E-state index contributed by atoms with van der Waals surface area (Å²) in [5.74, 6) is 0.197. The van der Waals surface area contributed by atoms with Crippen molar-refractivity contribution in [3.63, 3.8) is 0 Å². The molecule has 6 rings (SSSR count). The lowest BCUT2D eigenvalue weighted by Gasteiger charge is -2.20. The number of hydrogen-bond donors (Lipinski definition) is 1. The molecule has 4 aromatic carbocycles. The molecule has 0 radical (unpaired) electrons. The molecule has 11 heteroatoms. The van der Waals surface area contributed by atoms with E-state index in [1.807, 2.05) is 6.07 Å². The highest BCUT2D eigenvalue weighted by molar-refractivity contribution is 9.10. The first-order valence-corrected chi connectivity index (χ1v) is 17.3. The van der Waals surface area contributed by atoms with E-state index in [9.17, 15) is 9.59 Å². The third-order valence-electron chi connectivity index (χ3n) is 7.97. The molecule has 6 nitrogen and oxygen atoms in total. The number of rotatable bonds is 5. The van der Waals surface area contributed by atoms with Gasteiger partial charge in [-0.05, 0) is 60.7 Å². The number of carbonyl (C=O) groups excluding carboxylic acids is 2. The van der Waals surface area contributed by atoms with E-state index >= 15 is 0 Å². The second-order valence-corrected chi connectivity index (χ2v) is 13.5. The van der Waals surface area contributed by atoms with Crippen molar-refractivity contribution in [3.8, 4) is 0 Å². The molecule has 2 saturated heterocycles. The van der Waals surface area contributed by atoms with Crippen LogP contribution in [0.15, 0.2) is 89.4 Å². The first-order valence-electron chi connectivity index (χ1n) is 15.0. The highest BCUT2D eigenvalue weighted by atomic mass is 79.9. The lowest BCUT2D eigenvalue weighted by Crippen LogP contribution is -2.19. The van der Waals surface area contributed by atoms with Gasteiger partial charge in [-0.15, -0.1) is 0 Å². The normalized spacial score (nSPS) is 16.8. The molecule has 248 valence electrons. The molecule has 2 atom stereocenters. The Morgan fingerprint density at radius 1 is 0.723 bits per heavy atom. The van der Waals surface area contributed by atoms with Crippen molar-refractivity contribution in [1.82, 2.24) is 5.32 Å². The second-order valence-electron chi connectivity index (χ2n) is 11.0. The van der Waals surface area contributed by atoms with Gasteiger partial charge in [-0.1, -0.05) is 123 Å². The minimum absolute atomic E-state index is 0.189. The maximum atomic E-state index is 11.7. The number of nitrogens with zero attached hydrogens (tertiary/aromatic N) is 1. The number of carbonyl (C=O) groups is 2. The van der Waals surface area contributed by atoms with Crippen molar-refractivity contribution < 1.29 is 19.1 Å². The van der Waals surface area contributed by atoms with Crippen LogP contribution >= 0.6 is 62.3 Å². The molecule has 2 heterocycles. The molecule has 0 aromatic heterocycles. The van der Waals surface area contributed by atoms with E-state index in [0.29, 0.717) is 16.0 Å². The fourth-order valence-corrected chi connectivity index (χ4v) is 7.53. The molecule has 2 unspecified atom stereocenters. The molecule has 0 amide bonds. The minimum atomic E-state index is -0.539. The number of halogens is 5. The maximum absolute atomic E-state index is 11.7. The third kappa shape index (κ3) is 10.1. The lowest BCUT2D eigenvalue weighted by atomic mass is 9.99. The fourth-order valence-electron chi connectivity index (χ4n) is 5.54. The number of methoxy groups -OCH3 is 2. The molecular formula is C36H35BrCl4N2O4. The van der Waals surface area contributed by atoms with Crippen molar-refractivity contribution in [2.45, 2.75) is 24.7 Å². The minimum Gasteiger partial charge on any atom is -0.465 e. The van der Waals surface area contributed by atoms with Crippen molar-refractivity contribution >= 4 is 80.0 Å². The first-order chi connectivity index (χ1) is 22.6. The van der Waals surface area contributed by atoms with Crippen molar-refractivity contribution in [3.05, 3.63) is 132 Å². The summed E-state index contributed by atoms with van der Waals surface area (Å²) in [4.78, 5) is 25.1. The Balaban J connectivity index is 0.000000176. The van der Waals surface area contributed by atoms with Crippen molar-refractivity contribution in [2.75, 3.05) is 45.3 Å². The zero-order chi connectivity index (χ0) is 33.9. The molecule has 1 N–H and O–H groups in total. The molecule has 0 bridgehead atoms. The van der Waals surface area contributed by atoms with Crippen LogP contribution in [0.3, 0.4) is 0 Å². The van der Waals surface area contributed by atoms with Crippen LogP contribution in [-0.2, 0) is 9.47 Å². The summed E-state index contributed by atoms with van der Waals surface area (Å²) in [6.07, 6.45) is 2.38. The predicted molar refractivity (Wildman–Crippen MR) is 196 cm³/mol. The third-order valence-corrected chi connectivity index (χ3v) is 9.62. The topological polar surface area (TPSA) is 67.9 Å². The summed E-state index contributed by atoms with van der Waals surface area (Å²) in [6.45, 7) is 4.18. The Kier molecular flexibility index (Phi) is 14.3. The number of anilines is 1. The Labute approximate surface area is 304 Å². The SMILES string of the molecule is COC(=O)c1c(Cl)cc(Br)cc1Cl.COC(=O)c1c(Cl)cc(N2CCC(c3ccccc3)C2)cc1Cl.c1ccc(C2CCNC2)cc1. The summed E-state index contributed by atoms with van der Waals surface area (Å²) in [6, 6.07) is 28.0. The number of ether oxygens (including phenoxy) is 2. The quantitative estimate of drug-likeness (QED) is 0.204. The molecule has 0 saturated carbocycles. The molecular weight excluding hydrogens is 746 g/mol. The van der Waals surface area contributed by atoms with Gasteiger partial charge in [-0.25, -0.2) is 9.59 Å². The Hall–Kier alpha value is -2.78. The molecule has 47 heavy (non-hydrogen) atoms. The van der Waals surface area contributed by atoms with E-state index in [4.69, 9.17) is 51.1 Å². The largest absolute Gasteiger partial charge is 0.465 e. The molecule has 2 aliphatic rings. The summed E-state index contributed by atoms with van der Waals surface area (Å²) >= 11 is 27.2. The van der Waals surface area contributed by atoms with Crippen LogP contribution in [0.1, 0.15) is 56.5 Å². The molecule has 0 spiro atoms. The highest BCUT2D eigenvalue weighted by Crippen LogP contribution is 2.36. The average Bonchev–Trinajstić information content (AvgIpc) is 3.79. The Morgan fingerprint density at radius 3 is 1.64 bits per heavy atom. The van der Waals surface area contributed by atoms with Gasteiger partial charge in [-0.2, -0.15) is 0 Å². The average molecular weight is 781 g/mol. The van der Waals surface area contributed by atoms with Gasteiger partial charge in [0, 0.05) is 35.7 Å². The summed E-state index contributed by atoms with van der Waals surface area (Å²) in [5, 5.41) is 4.55. The summed E-state index contributed by atoms with van der Waals surface area (Å²) < 4.78 is 9.95. The van der Waals surface area contributed by atoms with Gasteiger partial charge in [0.2, 0.25) is 0 Å². The van der Waals surface area contributed by atoms with Gasteiger partial charge in [0.25, 0.3) is 0 Å². The number of nitrogens with one attached hydrogen (secondary N) is 1. The van der Waals surface area contributed by atoms with Gasteiger partial charge in [0.15, 0.2) is 0 Å². The zero-order valence-corrected chi connectivity index (χ0v) is 30.6. The van der Waals surface area contributed by atoms with Crippen LogP contribution < -0.4 is 10.2 Å². The van der Waals surface area contributed by atoms with E-state index in [0.717, 1.165) is 42.1 Å². The Bertz CT molecular complexity index is 1610. The van der Waals surface area contributed by atoms with Crippen molar-refractivity contribution in [1.29, 1.82) is 0 Å². The van der Waals surface area contributed by atoms with Gasteiger partial charge < -0.3 is 19.7 Å². The van der Waals surface area contributed by atoms with E-state index in [1.54, 1.807) is 24.3 Å². The summed E-state index contributed by atoms with van der Waals surface area (Å²) in [5.41, 5.74) is 4.18. The van der Waals surface area contributed by atoms with Gasteiger partial charge >= 0.3 is 11.9 Å². The van der Waals surface area contributed by atoms with Gasteiger partial charge in [0.1, 0.15) is 0 Å². The van der Waals surface area contributed by atoms with Gasteiger partial charge in [-0.3, -0.25) is 0 Å². The number of hydrogen-bond acceptors (Lipinski definition) is 6. The Morgan fingerprint density at radius 2 is 1.19 bits per heavy atom. The van der Waals surface area contributed by atoms with Crippen LogP contribution in [0.25, 0.3) is 0 Å². The fraction of sp³-hybridized carbons (Fsp3) is 0.278. The van der Waals surface area contributed by atoms with E-state index in [1.165, 1.54) is 38.3 Å². The van der Waals surface area contributed by atoms with Crippen LogP contribution in [0.5, 0.6) is 0 Å². The first kappa shape index (κ1) is 37.0. The van der Waals surface area contributed by atoms with Crippen molar-refractivity contribution in [2.24, 2.45) is 0 Å². The van der Waals surface area contributed by atoms with Crippen LogP contribution in [0, 0.1) is 0 Å². The van der Waals surface area contributed by atoms with Crippen LogP contribution in [0.2, 0.25) is 20.1 Å². The standard InChI is InChI=1S/C18H17Cl2NO2.C10H13N.C8H5BrCl2O2/c1-23-18(22)17-15(19)9-14(10-16(17)20)21-8-7-13(11-21)12-5-3-2-4-6-12;1-2-4-9(5-3-1)10-6-7-11-8-10;1-13-8(12)7-5(10)2-4(9)3-6(7)11/h2-6,9-10,13H,7-8,11H2,1H3;1-5,10-11H,6-8H2;2-3H,1H3. The zero-order valence-electron chi connectivity index (χ0n) is 26.0. The van der Waals surface area contributed by atoms with E-state index < -0.39 is 11.9 Å². The predicted octanol–water partition coefficient (Wildman–Crippen LogP) is 10.1. The number of benzene rings is 4. The van der Waals surface area contributed by atoms with Crippen LogP contribution in [0.4, 0.5) is 5.69 Å². The summed E-state index contributed by atoms with van der Waals surface area (Å²) in [7, 11) is 2.59. The molecule has 2 fully saturated rings.